The molecule has 2 aromatic rings. The van der Waals surface area contributed by atoms with Gasteiger partial charge in [0.1, 0.15) is 6.61 Å². The molecule has 0 aliphatic heterocycles. The van der Waals surface area contributed by atoms with E-state index in [1.54, 1.807) is 6.07 Å². The highest BCUT2D eigenvalue weighted by Gasteiger charge is 2.11. The van der Waals surface area contributed by atoms with E-state index in [9.17, 15) is 4.39 Å². The highest BCUT2D eigenvalue weighted by Crippen LogP contribution is 2.30. The topological polar surface area (TPSA) is 30.5 Å². The molecule has 106 valence electrons. The summed E-state index contributed by atoms with van der Waals surface area (Å²) in [4.78, 5) is 4.71. The van der Waals surface area contributed by atoms with E-state index in [2.05, 4.69) is 5.48 Å². The van der Waals surface area contributed by atoms with Crippen LogP contribution < -0.4 is 10.2 Å². The normalized spacial score (nSPS) is 10.6. The molecule has 0 atom stereocenters. The van der Waals surface area contributed by atoms with Gasteiger partial charge >= 0.3 is 0 Å². The van der Waals surface area contributed by atoms with Gasteiger partial charge in [0.15, 0.2) is 11.6 Å². The fourth-order valence-electron chi connectivity index (χ4n) is 1.74. The Balaban J connectivity index is 2.08. The van der Waals surface area contributed by atoms with Gasteiger partial charge in [-0.3, -0.25) is 0 Å². The molecule has 0 saturated carbocycles. The van der Waals surface area contributed by atoms with E-state index in [4.69, 9.17) is 21.2 Å². The van der Waals surface area contributed by atoms with Crippen LogP contribution in [0.4, 0.5) is 4.39 Å². The minimum atomic E-state index is -0.485. The molecule has 0 radical (unpaired) electrons. The first-order chi connectivity index (χ1) is 9.70. The van der Waals surface area contributed by atoms with Gasteiger partial charge in [-0.15, -0.1) is 0 Å². The predicted octanol–water partition coefficient (Wildman–Crippen LogP) is 3.71. The molecule has 3 nitrogen and oxygen atoms in total. The lowest BCUT2D eigenvalue weighted by molar-refractivity contribution is 0.0866. The molecule has 0 aromatic heterocycles. The highest BCUT2D eigenvalue weighted by molar-refractivity contribution is 6.32. The van der Waals surface area contributed by atoms with Crippen molar-refractivity contribution in [3.63, 3.8) is 0 Å². The average Bonchev–Trinajstić information content (AvgIpc) is 2.45. The molecule has 0 unspecified atom stereocenters. The van der Waals surface area contributed by atoms with Crippen LogP contribution >= 0.6 is 11.6 Å². The van der Waals surface area contributed by atoms with Crippen LogP contribution in [-0.2, 0) is 18.0 Å². The summed E-state index contributed by atoms with van der Waals surface area (Å²) >= 11 is 6.05. The molecule has 0 saturated heterocycles. The number of hydrogen-bond donors (Lipinski definition) is 1. The lowest BCUT2D eigenvalue weighted by atomic mass is 10.2. The molecule has 0 aliphatic rings. The monoisotopic (exact) mass is 295 g/mol. The second-order valence-corrected chi connectivity index (χ2v) is 4.60. The molecule has 0 fully saturated rings. The van der Waals surface area contributed by atoms with Gasteiger partial charge in [-0.25, -0.2) is 4.39 Å². The Morgan fingerprint density at radius 3 is 2.55 bits per heavy atom. The first kappa shape index (κ1) is 14.8. The third-order valence-electron chi connectivity index (χ3n) is 2.70. The maximum absolute atomic E-state index is 14.0. The van der Waals surface area contributed by atoms with Crippen molar-refractivity contribution in [1.29, 1.82) is 0 Å². The second kappa shape index (κ2) is 7.24. The molecule has 0 amide bonds. The summed E-state index contributed by atoms with van der Waals surface area (Å²) in [7, 11) is 1.50. The Kier molecular flexibility index (Phi) is 5.35. The highest BCUT2D eigenvalue weighted by atomic mass is 35.5. The first-order valence-electron chi connectivity index (χ1n) is 6.11. The van der Waals surface area contributed by atoms with Crippen LogP contribution in [0.2, 0.25) is 5.02 Å². The van der Waals surface area contributed by atoms with Crippen LogP contribution in [0.25, 0.3) is 0 Å². The van der Waals surface area contributed by atoms with Crippen molar-refractivity contribution in [3.8, 4) is 5.75 Å². The van der Waals surface area contributed by atoms with Crippen molar-refractivity contribution in [2.75, 3.05) is 7.11 Å². The minimum absolute atomic E-state index is 0.0664. The van der Waals surface area contributed by atoms with E-state index >= 15 is 0 Å². The van der Waals surface area contributed by atoms with Gasteiger partial charge in [-0.1, -0.05) is 41.9 Å². The van der Waals surface area contributed by atoms with Crippen molar-refractivity contribution >= 4 is 11.6 Å². The van der Waals surface area contributed by atoms with Gasteiger partial charge in [0.25, 0.3) is 0 Å². The fraction of sp³-hybridized carbons (Fsp3) is 0.200. The maximum Gasteiger partial charge on any atom is 0.174 e. The lowest BCUT2D eigenvalue weighted by Crippen LogP contribution is -2.11. The van der Waals surface area contributed by atoms with Crippen LogP contribution in [0.5, 0.6) is 5.75 Å². The van der Waals surface area contributed by atoms with Gasteiger partial charge < -0.3 is 9.57 Å². The summed E-state index contributed by atoms with van der Waals surface area (Å²) < 4.78 is 19.4. The van der Waals surface area contributed by atoms with Crippen LogP contribution in [-0.4, -0.2) is 7.11 Å². The Labute approximate surface area is 122 Å². The predicted molar refractivity (Wildman–Crippen MR) is 76.0 cm³/mol. The molecule has 1 N–H and O–H groups in total. The molecular weight excluding hydrogens is 281 g/mol. The summed E-state index contributed by atoms with van der Waals surface area (Å²) in [5.74, 6) is -0.418. The van der Waals surface area contributed by atoms with Crippen molar-refractivity contribution in [2.45, 2.75) is 13.2 Å². The summed E-state index contributed by atoms with van der Waals surface area (Å²) in [5, 5.41) is 0.244. The Morgan fingerprint density at radius 2 is 1.90 bits per heavy atom. The second-order valence-electron chi connectivity index (χ2n) is 4.19. The van der Waals surface area contributed by atoms with Crippen LogP contribution in [0.3, 0.4) is 0 Å². The number of rotatable bonds is 6. The zero-order chi connectivity index (χ0) is 14.4. The van der Waals surface area contributed by atoms with Gasteiger partial charge in [-0.05, 0) is 23.3 Å². The van der Waals surface area contributed by atoms with Crippen molar-refractivity contribution in [1.82, 2.24) is 5.48 Å². The van der Waals surface area contributed by atoms with E-state index in [1.165, 1.54) is 13.2 Å². The molecule has 2 aromatic carbocycles. The van der Waals surface area contributed by atoms with Crippen LogP contribution in [0.1, 0.15) is 11.1 Å². The fourth-order valence-corrected chi connectivity index (χ4v) is 2.02. The number of hydroxylamine groups is 1. The van der Waals surface area contributed by atoms with Crippen molar-refractivity contribution < 1.29 is 14.0 Å². The Hall–Kier alpha value is -1.62. The number of halogens is 2. The molecule has 0 aliphatic carbocycles. The van der Waals surface area contributed by atoms with Gasteiger partial charge in [0.2, 0.25) is 0 Å². The summed E-state index contributed by atoms with van der Waals surface area (Å²) in [6, 6.07) is 12.5. The zero-order valence-electron chi connectivity index (χ0n) is 11.0. The third kappa shape index (κ3) is 3.93. The van der Waals surface area contributed by atoms with E-state index in [0.717, 1.165) is 5.56 Å². The van der Waals surface area contributed by atoms with Crippen LogP contribution in [0, 0.1) is 5.82 Å². The summed E-state index contributed by atoms with van der Waals surface area (Å²) in [6.45, 7) is 0.638. The quantitative estimate of drug-likeness (QED) is 0.824. The average molecular weight is 296 g/mol. The third-order valence-corrected chi connectivity index (χ3v) is 2.99. The molecule has 20 heavy (non-hydrogen) atoms. The minimum Gasteiger partial charge on any atom is -0.484 e. The number of nitrogens with one attached hydrogen (secondary N) is 1. The molecular formula is C15H15ClFNO2. The smallest absolute Gasteiger partial charge is 0.174 e. The molecule has 0 heterocycles. The van der Waals surface area contributed by atoms with Gasteiger partial charge in [-0.2, -0.15) is 5.48 Å². The largest absolute Gasteiger partial charge is 0.484 e. The van der Waals surface area contributed by atoms with Gasteiger partial charge in [0, 0.05) is 6.54 Å². The first-order valence-corrected chi connectivity index (χ1v) is 6.49. The SMILES string of the molecule is CONCc1cc(F)c(OCc2ccccc2)c(Cl)c1. The number of hydrogen-bond acceptors (Lipinski definition) is 3. The summed E-state index contributed by atoms with van der Waals surface area (Å²) in [6.07, 6.45) is 0. The standard InChI is InChI=1S/C15H15ClFNO2/c1-19-18-9-12-7-13(16)15(14(17)8-12)20-10-11-5-3-2-4-6-11/h2-8,18H,9-10H2,1H3. The number of benzene rings is 2. The van der Waals surface area contributed by atoms with Crippen LogP contribution in [0.15, 0.2) is 42.5 Å². The zero-order valence-corrected chi connectivity index (χ0v) is 11.8. The maximum atomic E-state index is 14.0. The number of ether oxygens (including phenoxy) is 1. The van der Waals surface area contributed by atoms with E-state index in [-0.39, 0.29) is 17.4 Å². The van der Waals surface area contributed by atoms with Crippen molar-refractivity contribution in [2.24, 2.45) is 0 Å². The lowest BCUT2D eigenvalue weighted by Gasteiger charge is -2.11. The van der Waals surface area contributed by atoms with Crippen molar-refractivity contribution in [3.05, 3.63) is 64.4 Å². The Bertz CT molecular complexity index is 540. The van der Waals surface area contributed by atoms with E-state index < -0.39 is 5.82 Å². The van der Waals surface area contributed by atoms with E-state index in [1.807, 2.05) is 30.3 Å². The molecule has 0 bridgehead atoms. The Morgan fingerprint density at radius 1 is 1.15 bits per heavy atom. The summed E-state index contributed by atoms with van der Waals surface area (Å²) in [5.41, 5.74) is 4.26. The van der Waals surface area contributed by atoms with E-state index in [0.29, 0.717) is 12.1 Å². The molecule has 0 spiro atoms. The van der Waals surface area contributed by atoms with Gasteiger partial charge in [0.05, 0.1) is 12.1 Å². The molecule has 5 heteroatoms. The molecule has 2 rings (SSSR count).